The number of aliphatic imine (C=N–C) groups is 1. The number of guanidine groups is 1. The van der Waals surface area contributed by atoms with E-state index < -0.39 is 0 Å². The third-order valence-corrected chi connectivity index (χ3v) is 7.77. The molecular weight excluding hydrogens is 366 g/mol. The maximum atomic E-state index is 4.57. The fourth-order valence-corrected chi connectivity index (χ4v) is 6.17. The van der Waals surface area contributed by atoms with Gasteiger partial charge in [0.15, 0.2) is 5.96 Å². The Morgan fingerprint density at radius 3 is 2.36 bits per heavy atom. The highest BCUT2D eigenvalue weighted by atomic mass is 32.2. The molecule has 0 bridgehead atoms. The lowest BCUT2D eigenvalue weighted by molar-refractivity contribution is 0.0625. The molecule has 0 radical (unpaired) electrons. The average molecular weight is 410 g/mol. The number of likely N-dealkylation sites (tertiary alicyclic amines) is 1. The van der Waals surface area contributed by atoms with Crippen LogP contribution < -0.4 is 10.6 Å². The zero-order valence-electron chi connectivity index (χ0n) is 18.5. The van der Waals surface area contributed by atoms with Gasteiger partial charge in [0.2, 0.25) is 0 Å². The maximum absolute atomic E-state index is 4.57. The minimum Gasteiger partial charge on any atom is -0.355 e. The van der Waals surface area contributed by atoms with Gasteiger partial charge in [-0.3, -0.25) is 9.89 Å². The Morgan fingerprint density at radius 2 is 1.75 bits per heavy atom. The van der Waals surface area contributed by atoms with Crippen LogP contribution in [0, 0.1) is 5.92 Å². The van der Waals surface area contributed by atoms with Crippen molar-refractivity contribution in [2.45, 2.75) is 70.4 Å². The van der Waals surface area contributed by atoms with Gasteiger partial charge in [-0.2, -0.15) is 11.8 Å². The van der Waals surface area contributed by atoms with Crippen LogP contribution in [0.4, 0.5) is 0 Å². The van der Waals surface area contributed by atoms with Crippen molar-refractivity contribution in [3.8, 4) is 0 Å². The van der Waals surface area contributed by atoms with Gasteiger partial charge in [0.1, 0.15) is 0 Å². The summed E-state index contributed by atoms with van der Waals surface area (Å²) in [7, 11) is 1.92. The van der Waals surface area contributed by atoms with E-state index in [0.717, 1.165) is 18.4 Å². The summed E-state index contributed by atoms with van der Waals surface area (Å²) in [6.07, 6.45) is 9.30. The summed E-state index contributed by atoms with van der Waals surface area (Å²) in [5.41, 5.74) is 0.345. The second-order valence-electron chi connectivity index (χ2n) is 9.42. The van der Waals surface area contributed by atoms with Crippen LogP contribution in [0.3, 0.4) is 0 Å². The molecule has 0 aromatic heterocycles. The van der Waals surface area contributed by atoms with E-state index in [0.29, 0.717) is 11.6 Å². The van der Waals surface area contributed by atoms with Crippen molar-refractivity contribution in [1.82, 2.24) is 20.4 Å². The molecule has 6 heteroatoms. The third kappa shape index (κ3) is 6.27. The molecule has 2 N–H and O–H groups in total. The maximum Gasteiger partial charge on any atom is 0.191 e. The van der Waals surface area contributed by atoms with Crippen LogP contribution in [0.25, 0.3) is 0 Å². The molecule has 28 heavy (non-hydrogen) atoms. The number of nitrogens with one attached hydrogen (secondary N) is 2. The lowest BCUT2D eigenvalue weighted by Crippen LogP contribution is -2.60. The number of thioether (sulfide) groups is 1. The lowest BCUT2D eigenvalue weighted by atomic mass is 9.80. The van der Waals surface area contributed by atoms with Crippen LogP contribution in [-0.4, -0.2) is 85.2 Å². The normalized spacial score (nSPS) is 25.8. The van der Waals surface area contributed by atoms with Gasteiger partial charge in [-0.1, -0.05) is 33.1 Å². The summed E-state index contributed by atoms with van der Waals surface area (Å²) in [5.74, 6) is 4.37. The molecule has 1 aliphatic carbocycles. The number of hydrogen-bond donors (Lipinski definition) is 2. The molecular formula is C22H43N5S. The average Bonchev–Trinajstić information content (AvgIpc) is 2.73. The predicted octanol–water partition coefficient (Wildman–Crippen LogP) is 3.02. The SMILES string of the molecule is CN=C(NCC1(N2CCSCC2)CCCCC1)NC1CCN(CC(C)C)CC1. The van der Waals surface area contributed by atoms with E-state index in [1.165, 1.54) is 89.2 Å². The lowest BCUT2D eigenvalue weighted by Gasteiger charge is -2.48. The molecule has 0 aromatic carbocycles. The molecule has 0 spiro atoms. The highest BCUT2D eigenvalue weighted by molar-refractivity contribution is 7.99. The van der Waals surface area contributed by atoms with Gasteiger partial charge in [-0.05, 0) is 31.6 Å². The standard InChI is InChI=1S/C22H43N5S/c1-19(2)17-26-11-7-20(8-12-26)25-21(23-3)24-18-22(9-5-4-6-10-22)27-13-15-28-16-14-27/h19-20H,4-18H2,1-3H3,(H2,23,24,25). The largest absolute Gasteiger partial charge is 0.355 e. The fraction of sp³-hybridized carbons (Fsp3) is 0.955. The van der Waals surface area contributed by atoms with Gasteiger partial charge in [-0.25, -0.2) is 0 Å². The highest BCUT2D eigenvalue weighted by Crippen LogP contribution is 2.34. The van der Waals surface area contributed by atoms with Crippen molar-refractivity contribution < 1.29 is 0 Å². The van der Waals surface area contributed by atoms with E-state index in [9.17, 15) is 0 Å². The predicted molar refractivity (Wildman–Crippen MR) is 124 cm³/mol. The topological polar surface area (TPSA) is 42.9 Å². The Morgan fingerprint density at radius 1 is 1.07 bits per heavy atom. The van der Waals surface area contributed by atoms with Crippen LogP contribution in [0.1, 0.15) is 58.8 Å². The van der Waals surface area contributed by atoms with E-state index in [4.69, 9.17) is 0 Å². The first-order chi connectivity index (χ1) is 13.6. The number of hydrogen-bond acceptors (Lipinski definition) is 4. The first-order valence-electron chi connectivity index (χ1n) is 11.6. The Bertz CT molecular complexity index is 475. The highest BCUT2D eigenvalue weighted by Gasteiger charge is 2.38. The van der Waals surface area contributed by atoms with Gasteiger partial charge >= 0.3 is 0 Å². The summed E-state index contributed by atoms with van der Waals surface area (Å²) in [6, 6.07) is 0.559. The fourth-order valence-electron chi connectivity index (χ4n) is 5.26. The van der Waals surface area contributed by atoms with Crippen LogP contribution in [0.2, 0.25) is 0 Å². The van der Waals surface area contributed by atoms with Crippen LogP contribution in [0.15, 0.2) is 4.99 Å². The van der Waals surface area contributed by atoms with Gasteiger partial charge in [0.25, 0.3) is 0 Å². The van der Waals surface area contributed by atoms with Crippen LogP contribution in [0.5, 0.6) is 0 Å². The molecule has 162 valence electrons. The number of nitrogens with zero attached hydrogens (tertiary/aromatic N) is 3. The molecule has 2 aliphatic heterocycles. The Kier molecular flexibility index (Phi) is 8.79. The monoisotopic (exact) mass is 409 g/mol. The molecule has 0 aromatic rings. The van der Waals surface area contributed by atoms with E-state index in [1.807, 2.05) is 7.05 Å². The number of rotatable bonds is 6. The molecule has 3 aliphatic rings. The van der Waals surface area contributed by atoms with Crippen LogP contribution in [-0.2, 0) is 0 Å². The molecule has 0 unspecified atom stereocenters. The molecule has 1 saturated carbocycles. The summed E-state index contributed by atoms with van der Waals surface area (Å²) in [6.45, 7) is 11.8. The van der Waals surface area contributed by atoms with Crippen molar-refractivity contribution in [3.05, 3.63) is 0 Å². The molecule has 5 nitrogen and oxygen atoms in total. The van der Waals surface area contributed by atoms with Crippen LogP contribution >= 0.6 is 11.8 Å². The van der Waals surface area contributed by atoms with E-state index in [2.05, 4.69) is 51.0 Å². The summed E-state index contributed by atoms with van der Waals surface area (Å²) >= 11 is 2.12. The first kappa shape index (κ1) is 22.2. The zero-order chi connectivity index (χ0) is 19.8. The van der Waals surface area contributed by atoms with Gasteiger partial charge in [0.05, 0.1) is 0 Å². The zero-order valence-corrected chi connectivity index (χ0v) is 19.3. The minimum absolute atomic E-state index is 0.345. The molecule has 2 saturated heterocycles. The minimum atomic E-state index is 0.345. The molecule has 3 rings (SSSR count). The summed E-state index contributed by atoms with van der Waals surface area (Å²) < 4.78 is 0. The summed E-state index contributed by atoms with van der Waals surface area (Å²) in [4.78, 5) is 9.98. The third-order valence-electron chi connectivity index (χ3n) is 6.83. The van der Waals surface area contributed by atoms with Gasteiger partial charge < -0.3 is 15.5 Å². The summed E-state index contributed by atoms with van der Waals surface area (Å²) in [5, 5.41) is 7.47. The van der Waals surface area contributed by atoms with E-state index >= 15 is 0 Å². The van der Waals surface area contributed by atoms with Crippen molar-refractivity contribution in [2.24, 2.45) is 10.9 Å². The van der Waals surface area contributed by atoms with Crippen molar-refractivity contribution >= 4 is 17.7 Å². The molecule has 0 atom stereocenters. The Balaban J connectivity index is 1.49. The number of piperidine rings is 1. The van der Waals surface area contributed by atoms with Crippen molar-refractivity contribution in [2.75, 3.05) is 57.8 Å². The quantitative estimate of drug-likeness (QED) is 0.521. The van der Waals surface area contributed by atoms with E-state index in [1.54, 1.807) is 0 Å². The molecule has 0 amide bonds. The molecule has 3 fully saturated rings. The van der Waals surface area contributed by atoms with Crippen molar-refractivity contribution in [3.63, 3.8) is 0 Å². The molecule has 2 heterocycles. The Hall–Kier alpha value is -0.460. The first-order valence-corrected chi connectivity index (χ1v) is 12.8. The second-order valence-corrected chi connectivity index (χ2v) is 10.6. The smallest absolute Gasteiger partial charge is 0.191 e. The Labute approximate surface area is 177 Å². The second kappa shape index (κ2) is 11.1. The van der Waals surface area contributed by atoms with Gasteiger partial charge in [0, 0.05) is 69.4 Å². The van der Waals surface area contributed by atoms with E-state index in [-0.39, 0.29) is 0 Å². The van der Waals surface area contributed by atoms with Gasteiger partial charge in [-0.15, -0.1) is 0 Å². The van der Waals surface area contributed by atoms with Crippen molar-refractivity contribution in [1.29, 1.82) is 0 Å².